The number of hydrogen-bond donors (Lipinski definition) is 2. The lowest BCUT2D eigenvalue weighted by Gasteiger charge is -2.34. The summed E-state index contributed by atoms with van der Waals surface area (Å²) in [5, 5.41) is 6.08. The molecule has 1 spiro atoms. The van der Waals surface area contributed by atoms with Crippen LogP contribution >= 0.6 is 0 Å². The number of fused-ring (bicyclic) bond motifs is 1. The first-order chi connectivity index (χ1) is 18.4. The van der Waals surface area contributed by atoms with Crippen LogP contribution in [0.4, 0.5) is 10.1 Å². The van der Waals surface area contributed by atoms with Crippen molar-refractivity contribution < 1.29 is 23.5 Å². The molecule has 3 aliphatic heterocycles. The standard InChI is InChI=1S/C30H32FN3O4/c1-18-11-13-21(14-12-18)32-27(35)24-23-15-16-30(38-23)25(24)29(37)34(17-19-7-5-6-10-22(19)31)26(30)28(36)33-20-8-3-2-4-9-20/h5-7,10-16,20,23-26H,2-4,8-9,17H2,1H3,(H,32,35)(H,33,36)/t23-,24+,25-,26+,30-/m1/s1. The van der Waals surface area contributed by atoms with Gasteiger partial charge in [-0.3, -0.25) is 14.4 Å². The number of halogens is 1. The SMILES string of the molecule is Cc1ccc(NC(=O)[C@H]2[C@H]3C=C[C@]4(O3)[C@H](C(=O)NC3CCCCC3)N(Cc3ccccc3F)C(=O)[C@@H]24)cc1. The molecule has 0 aromatic heterocycles. The van der Waals surface area contributed by atoms with E-state index in [1.807, 2.05) is 31.2 Å². The van der Waals surface area contributed by atoms with E-state index in [0.717, 1.165) is 37.7 Å². The lowest BCUT2D eigenvalue weighted by Crippen LogP contribution is -2.56. The second kappa shape index (κ2) is 9.66. The second-order valence-corrected chi connectivity index (χ2v) is 11.0. The Morgan fingerprint density at radius 2 is 1.79 bits per heavy atom. The third-order valence-electron chi connectivity index (χ3n) is 8.49. The molecular formula is C30H32FN3O4. The molecule has 4 aliphatic rings. The molecule has 1 aliphatic carbocycles. The van der Waals surface area contributed by atoms with Gasteiger partial charge in [-0.15, -0.1) is 0 Å². The minimum atomic E-state index is -1.28. The molecule has 2 saturated heterocycles. The highest BCUT2D eigenvalue weighted by molar-refractivity contribution is 6.02. The van der Waals surface area contributed by atoms with Crippen molar-refractivity contribution in [3.8, 4) is 0 Å². The van der Waals surface area contributed by atoms with E-state index in [1.165, 1.54) is 11.0 Å². The van der Waals surface area contributed by atoms with Crippen molar-refractivity contribution in [1.29, 1.82) is 0 Å². The molecule has 8 heteroatoms. The molecule has 3 heterocycles. The zero-order valence-electron chi connectivity index (χ0n) is 21.4. The lowest BCUT2D eigenvalue weighted by atomic mass is 9.74. The zero-order valence-corrected chi connectivity index (χ0v) is 21.4. The summed E-state index contributed by atoms with van der Waals surface area (Å²) < 4.78 is 21.1. The summed E-state index contributed by atoms with van der Waals surface area (Å²) in [5.74, 6) is -3.14. The highest BCUT2D eigenvalue weighted by Crippen LogP contribution is 2.55. The number of likely N-dealkylation sites (tertiary alicyclic amines) is 1. The molecular weight excluding hydrogens is 485 g/mol. The summed E-state index contributed by atoms with van der Waals surface area (Å²) in [4.78, 5) is 42.8. The maximum Gasteiger partial charge on any atom is 0.246 e. The van der Waals surface area contributed by atoms with Crippen molar-refractivity contribution in [1.82, 2.24) is 10.2 Å². The number of rotatable bonds is 6. The molecule has 0 radical (unpaired) electrons. The number of benzene rings is 2. The second-order valence-electron chi connectivity index (χ2n) is 11.0. The van der Waals surface area contributed by atoms with Gasteiger partial charge in [-0.05, 0) is 38.0 Å². The topological polar surface area (TPSA) is 87.7 Å². The van der Waals surface area contributed by atoms with E-state index in [0.29, 0.717) is 11.3 Å². The van der Waals surface area contributed by atoms with E-state index in [1.54, 1.807) is 30.4 Å². The summed E-state index contributed by atoms with van der Waals surface area (Å²) in [6, 6.07) is 12.7. The molecule has 2 N–H and O–H groups in total. The lowest BCUT2D eigenvalue weighted by molar-refractivity contribution is -0.142. The molecule has 3 amide bonds. The Morgan fingerprint density at radius 1 is 1.05 bits per heavy atom. The normalized spacial score (nSPS) is 29.9. The van der Waals surface area contributed by atoms with Crippen molar-refractivity contribution in [3.05, 3.63) is 77.6 Å². The van der Waals surface area contributed by atoms with Crippen LogP contribution in [0.15, 0.2) is 60.7 Å². The molecule has 2 aromatic rings. The maximum atomic E-state index is 14.7. The van der Waals surface area contributed by atoms with Gasteiger partial charge in [0.15, 0.2) is 0 Å². The average Bonchev–Trinajstić information content (AvgIpc) is 3.55. The minimum absolute atomic E-state index is 0.0281. The number of nitrogens with zero attached hydrogens (tertiary/aromatic N) is 1. The van der Waals surface area contributed by atoms with Gasteiger partial charge in [-0.1, -0.05) is 67.3 Å². The van der Waals surface area contributed by atoms with Crippen LogP contribution in [-0.2, 0) is 25.7 Å². The Hall–Kier alpha value is -3.52. The van der Waals surface area contributed by atoms with E-state index < -0.39 is 35.4 Å². The van der Waals surface area contributed by atoms with Gasteiger partial charge in [-0.25, -0.2) is 4.39 Å². The van der Waals surface area contributed by atoms with Gasteiger partial charge < -0.3 is 20.3 Å². The fourth-order valence-electron chi connectivity index (χ4n) is 6.64. The number of aryl methyl sites for hydroxylation is 1. The molecule has 2 aromatic carbocycles. The number of anilines is 1. The van der Waals surface area contributed by atoms with E-state index in [9.17, 15) is 18.8 Å². The molecule has 5 atom stereocenters. The number of carbonyl (C=O) groups excluding carboxylic acids is 3. The minimum Gasteiger partial charge on any atom is -0.359 e. The van der Waals surface area contributed by atoms with Crippen molar-refractivity contribution in [3.63, 3.8) is 0 Å². The zero-order chi connectivity index (χ0) is 26.4. The Kier molecular flexibility index (Phi) is 6.30. The van der Waals surface area contributed by atoms with E-state index >= 15 is 0 Å². The third kappa shape index (κ3) is 4.11. The maximum absolute atomic E-state index is 14.7. The Balaban J connectivity index is 1.33. The van der Waals surface area contributed by atoms with Gasteiger partial charge in [0.05, 0.1) is 17.9 Å². The van der Waals surface area contributed by atoms with Crippen LogP contribution in [0.25, 0.3) is 0 Å². The fourth-order valence-corrected chi connectivity index (χ4v) is 6.64. The Labute approximate surface area is 221 Å². The fraction of sp³-hybridized carbons (Fsp3) is 0.433. The molecule has 0 unspecified atom stereocenters. The predicted octanol–water partition coefficient (Wildman–Crippen LogP) is 3.87. The molecule has 1 saturated carbocycles. The first-order valence-corrected chi connectivity index (χ1v) is 13.5. The van der Waals surface area contributed by atoms with Gasteiger partial charge in [0.2, 0.25) is 17.7 Å². The number of carbonyl (C=O) groups is 3. The van der Waals surface area contributed by atoms with Gasteiger partial charge in [-0.2, -0.15) is 0 Å². The van der Waals surface area contributed by atoms with E-state index in [4.69, 9.17) is 4.74 Å². The van der Waals surface area contributed by atoms with Gasteiger partial charge >= 0.3 is 0 Å². The smallest absolute Gasteiger partial charge is 0.246 e. The monoisotopic (exact) mass is 517 g/mol. The molecule has 7 nitrogen and oxygen atoms in total. The third-order valence-corrected chi connectivity index (χ3v) is 8.49. The number of amides is 3. The van der Waals surface area contributed by atoms with Crippen molar-refractivity contribution in [2.75, 3.05) is 5.32 Å². The highest BCUT2D eigenvalue weighted by atomic mass is 19.1. The van der Waals surface area contributed by atoms with Crippen LogP contribution in [0.2, 0.25) is 0 Å². The Bertz CT molecular complexity index is 1290. The first-order valence-electron chi connectivity index (χ1n) is 13.5. The van der Waals surface area contributed by atoms with E-state index in [-0.39, 0.29) is 30.3 Å². The summed E-state index contributed by atoms with van der Waals surface area (Å²) in [5.41, 5.74) is 0.726. The van der Waals surface area contributed by atoms with Crippen molar-refractivity contribution in [2.45, 2.75) is 69.4 Å². The summed E-state index contributed by atoms with van der Waals surface area (Å²) in [6.07, 6.45) is 7.95. The van der Waals surface area contributed by atoms with Gasteiger partial charge in [0.25, 0.3) is 0 Å². The Morgan fingerprint density at radius 3 is 2.53 bits per heavy atom. The molecule has 2 bridgehead atoms. The average molecular weight is 518 g/mol. The van der Waals surface area contributed by atoms with Crippen LogP contribution in [-0.4, -0.2) is 46.4 Å². The number of hydrogen-bond acceptors (Lipinski definition) is 4. The molecule has 6 rings (SSSR count). The molecule has 38 heavy (non-hydrogen) atoms. The quantitative estimate of drug-likeness (QED) is 0.570. The molecule has 3 fully saturated rings. The van der Waals surface area contributed by atoms with Gasteiger partial charge in [0.1, 0.15) is 17.5 Å². The number of nitrogens with one attached hydrogen (secondary N) is 2. The van der Waals surface area contributed by atoms with E-state index in [2.05, 4.69) is 10.6 Å². The summed E-state index contributed by atoms with van der Waals surface area (Å²) in [7, 11) is 0. The predicted molar refractivity (Wildman–Crippen MR) is 139 cm³/mol. The largest absolute Gasteiger partial charge is 0.359 e. The van der Waals surface area contributed by atoms with Crippen molar-refractivity contribution in [2.24, 2.45) is 11.8 Å². The van der Waals surface area contributed by atoms with Crippen LogP contribution in [0.3, 0.4) is 0 Å². The van der Waals surface area contributed by atoms with Crippen LogP contribution in [0.1, 0.15) is 43.2 Å². The number of ether oxygens (including phenoxy) is 1. The highest BCUT2D eigenvalue weighted by Gasteiger charge is 2.72. The summed E-state index contributed by atoms with van der Waals surface area (Å²) >= 11 is 0. The van der Waals surface area contributed by atoms with Crippen LogP contribution < -0.4 is 10.6 Å². The molecule has 198 valence electrons. The van der Waals surface area contributed by atoms with Gasteiger partial charge in [0, 0.05) is 23.8 Å². The van der Waals surface area contributed by atoms with Crippen LogP contribution in [0.5, 0.6) is 0 Å². The summed E-state index contributed by atoms with van der Waals surface area (Å²) in [6.45, 7) is 1.88. The van der Waals surface area contributed by atoms with Crippen LogP contribution in [0, 0.1) is 24.6 Å². The van der Waals surface area contributed by atoms with Crippen molar-refractivity contribution >= 4 is 23.4 Å². The first kappa shape index (κ1) is 24.8.